The van der Waals surface area contributed by atoms with E-state index in [2.05, 4.69) is 17.3 Å². The van der Waals surface area contributed by atoms with Gasteiger partial charge in [0.15, 0.2) is 0 Å². The van der Waals surface area contributed by atoms with Gasteiger partial charge in [0.25, 0.3) is 0 Å². The van der Waals surface area contributed by atoms with Crippen molar-refractivity contribution >= 4 is 17.6 Å². The van der Waals surface area contributed by atoms with E-state index >= 15 is 0 Å². The fourth-order valence-corrected chi connectivity index (χ4v) is 4.12. The second-order valence-electron chi connectivity index (χ2n) is 7.68. The first kappa shape index (κ1) is 19.6. The zero-order valence-corrected chi connectivity index (χ0v) is 16.4. The Morgan fingerprint density at radius 2 is 2.04 bits per heavy atom. The molecule has 2 aliphatic heterocycles. The van der Waals surface area contributed by atoms with Gasteiger partial charge in [0.05, 0.1) is 0 Å². The molecule has 0 aliphatic carbocycles. The summed E-state index contributed by atoms with van der Waals surface area (Å²) in [6.45, 7) is 7.24. The third-order valence-electron chi connectivity index (χ3n) is 6.11. The molecule has 3 rings (SSSR count). The first-order valence-electron chi connectivity index (χ1n) is 9.66. The molecule has 148 valence electrons. The van der Waals surface area contributed by atoms with E-state index in [9.17, 15) is 14.0 Å². The van der Waals surface area contributed by atoms with E-state index in [0.717, 1.165) is 38.0 Å². The topological polar surface area (TPSA) is 55.9 Å². The van der Waals surface area contributed by atoms with Gasteiger partial charge in [-0.05, 0) is 51.4 Å². The van der Waals surface area contributed by atoms with Gasteiger partial charge in [0.1, 0.15) is 5.82 Å². The van der Waals surface area contributed by atoms with Crippen LogP contribution >= 0.6 is 0 Å². The van der Waals surface area contributed by atoms with Crippen LogP contribution in [0.3, 0.4) is 0 Å². The molecule has 3 amide bonds. The number of hydrogen-bond donors (Lipinski definition) is 1. The number of likely N-dealkylation sites (tertiary alicyclic amines) is 1. The first-order chi connectivity index (χ1) is 12.8. The number of carbonyl (C=O) groups excluding carboxylic acids is 2. The van der Waals surface area contributed by atoms with Crippen molar-refractivity contribution in [3.05, 3.63) is 29.6 Å². The van der Waals surface area contributed by atoms with Crippen LogP contribution in [0.2, 0.25) is 0 Å². The van der Waals surface area contributed by atoms with Gasteiger partial charge >= 0.3 is 6.03 Å². The molecule has 1 aromatic rings. The van der Waals surface area contributed by atoms with Crippen LogP contribution in [0.15, 0.2) is 18.2 Å². The SMILES string of the molecule is CCN1CCC2(CCC1=O)CN(C(=O)Nc1cc(F)ccc1C)CCN2C. The molecule has 1 aromatic carbocycles. The zero-order valence-electron chi connectivity index (χ0n) is 16.4. The number of amides is 3. The largest absolute Gasteiger partial charge is 0.343 e. The Balaban J connectivity index is 1.73. The van der Waals surface area contributed by atoms with E-state index in [1.54, 1.807) is 11.0 Å². The molecular formula is C20H29FN4O2. The number of nitrogens with one attached hydrogen (secondary N) is 1. The summed E-state index contributed by atoms with van der Waals surface area (Å²) in [6.07, 6.45) is 2.12. The second-order valence-corrected chi connectivity index (χ2v) is 7.68. The lowest BCUT2D eigenvalue weighted by molar-refractivity contribution is -0.130. The van der Waals surface area contributed by atoms with Crippen LogP contribution in [0.5, 0.6) is 0 Å². The van der Waals surface area contributed by atoms with Gasteiger partial charge < -0.3 is 15.1 Å². The number of rotatable bonds is 2. The Labute approximate surface area is 160 Å². The molecular weight excluding hydrogens is 347 g/mol. The first-order valence-corrected chi connectivity index (χ1v) is 9.66. The molecule has 1 N–H and O–H groups in total. The zero-order chi connectivity index (χ0) is 19.6. The highest BCUT2D eigenvalue weighted by Gasteiger charge is 2.43. The Morgan fingerprint density at radius 1 is 1.26 bits per heavy atom. The monoisotopic (exact) mass is 376 g/mol. The number of nitrogens with zero attached hydrogens (tertiary/aromatic N) is 3. The average Bonchev–Trinajstić information content (AvgIpc) is 2.80. The summed E-state index contributed by atoms with van der Waals surface area (Å²) in [4.78, 5) is 31.1. The molecule has 0 bridgehead atoms. The number of piperazine rings is 1. The average molecular weight is 376 g/mol. The van der Waals surface area contributed by atoms with Gasteiger partial charge in [-0.2, -0.15) is 0 Å². The quantitative estimate of drug-likeness (QED) is 0.863. The molecule has 6 nitrogen and oxygen atoms in total. The van der Waals surface area contributed by atoms with E-state index in [1.807, 2.05) is 18.7 Å². The summed E-state index contributed by atoms with van der Waals surface area (Å²) in [6, 6.07) is 4.19. The Morgan fingerprint density at radius 3 is 2.78 bits per heavy atom. The molecule has 2 heterocycles. The summed E-state index contributed by atoms with van der Waals surface area (Å²) in [5, 5.41) is 2.85. The van der Waals surface area contributed by atoms with Crippen LogP contribution in [0.1, 0.15) is 31.7 Å². The van der Waals surface area contributed by atoms with E-state index < -0.39 is 0 Å². The van der Waals surface area contributed by atoms with Crippen LogP contribution in [0.4, 0.5) is 14.9 Å². The Hall–Kier alpha value is -2.15. The van der Waals surface area contributed by atoms with E-state index in [-0.39, 0.29) is 23.3 Å². The molecule has 1 unspecified atom stereocenters. The molecule has 7 heteroatoms. The predicted molar refractivity (Wildman–Crippen MR) is 103 cm³/mol. The highest BCUT2D eigenvalue weighted by atomic mass is 19.1. The van der Waals surface area contributed by atoms with Gasteiger partial charge in [-0.15, -0.1) is 0 Å². The lowest BCUT2D eigenvalue weighted by Gasteiger charge is -2.49. The fraction of sp³-hybridized carbons (Fsp3) is 0.600. The minimum atomic E-state index is -0.368. The van der Waals surface area contributed by atoms with Crippen molar-refractivity contribution in [3.63, 3.8) is 0 Å². The molecule has 0 saturated carbocycles. The molecule has 2 fully saturated rings. The third kappa shape index (κ3) is 4.08. The Kier molecular flexibility index (Phi) is 5.69. The predicted octanol–water partition coefficient (Wildman–Crippen LogP) is 2.68. The highest BCUT2D eigenvalue weighted by Crippen LogP contribution is 2.32. The van der Waals surface area contributed by atoms with Crippen molar-refractivity contribution < 1.29 is 14.0 Å². The van der Waals surface area contributed by atoms with Crippen LogP contribution in [0.25, 0.3) is 0 Å². The lowest BCUT2D eigenvalue weighted by Crippen LogP contribution is -2.62. The van der Waals surface area contributed by atoms with Crippen LogP contribution in [0, 0.1) is 12.7 Å². The summed E-state index contributed by atoms with van der Waals surface area (Å²) in [7, 11) is 2.08. The lowest BCUT2D eigenvalue weighted by atomic mass is 9.86. The number of urea groups is 1. The van der Waals surface area contributed by atoms with Crippen LogP contribution in [-0.2, 0) is 4.79 Å². The standard InChI is InChI=1S/C20H29FN4O2/c1-4-24-10-9-20(8-7-18(24)26)14-25(12-11-23(20)3)19(27)22-17-13-16(21)6-5-15(17)2/h5-6,13H,4,7-12,14H2,1-3H3,(H,22,27). The summed E-state index contributed by atoms with van der Waals surface area (Å²) >= 11 is 0. The van der Waals surface area contributed by atoms with E-state index in [1.165, 1.54) is 12.1 Å². The highest BCUT2D eigenvalue weighted by molar-refractivity contribution is 5.90. The molecule has 2 saturated heterocycles. The molecule has 0 radical (unpaired) electrons. The third-order valence-corrected chi connectivity index (χ3v) is 6.11. The van der Waals surface area contributed by atoms with Gasteiger partial charge in [-0.25, -0.2) is 9.18 Å². The maximum absolute atomic E-state index is 13.5. The van der Waals surface area contributed by atoms with Gasteiger partial charge in [0.2, 0.25) is 5.91 Å². The number of aryl methyl sites for hydroxylation is 1. The van der Waals surface area contributed by atoms with Gasteiger partial charge in [0, 0.05) is 50.4 Å². The summed E-state index contributed by atoms with van der Waals surface area (Å²) < 4.78 is 13.5. The van der Waals surface area contributed by atoms with E-state index in [4.69, 9.17) is 0 Å². The number of halogens is 1. The Bertz CT molecular complexity index is 726. The fourth-order valence-electron chi connectivity index (χ4n) is 4.12. The van der Waals surface area contributed by atoms with Crippen molar-refractivity contribution in [2.24, 2.45) is 0 Å². The maximum Gasteiger partial charge on any atom is 0.321 e. The van der Waals surface area contributed by atoms with E-state index in [0.29, 0.717) is 25.2 Å². The molecule has 1 atom stereocenters. The number of likely N-dealkylation sites (N-methyl/N-ethyl adjacent to an activating group) is 1. The van der Waals surface area contributed by atoms with Gasteiger partial charge in [-0.1, -0.05) is 6.07 Å². The number of carbonyl (C=O) groups is 2. The van der Waals surface area contributed by atoms with Crippen molar-refractivity contribution in [1.29, 1.82) is 0 Å². The van der Waals surface area contributed by atoms with Crippen molar-refractivity contribution in [1.82, 2.24) is 14.7 Å². The van der Waals surface area contributed by atoms with Crippen molar-refractivity contribution in [3.8, 4) is 0 Å². The molecule has 1 spiro atoms. The number of hydrogen-bond acceptors (Lipinski definition) is 3. The van der Waals surface area contributed by atoms with Crippen molar-refractivity contribution in [2.75, 3.05) is 45.1 Å². The maximum atomic E-state index is 13.5. The molecule has 27 heavy (non-hydrogen) atoms. The van der Waals surface area contributed by atoms with Crippen LogP contribution < -0.4 is 5.32 Å². The minimum absolute atomic E-state index is 0.188. The van der Waals surface area contributed by atoms with Crippen LogP contribution in [-0.4, -0.2) is 71.9 Å². The number of anilines is 1. The molecule has 0 aromatic heterocycles. The van der Waals surface area contributed by atoms with Gasteiger partial charge in [-0.3, -0.25) is 9.69 Å². The molecule has 2 aliphatic rings. The second kappa shape index (κ2) is 7.84. The summed E-state index contributed by atoms with van der Waals surface area (Å²) in [5.41, 5.74) is 1.14. The number of benzene rings is 1. The smallest absolute Gasteiger partial charge is 0.321 e. The normalized spacial score (nSPS) is 24.2. The van der Waals surface area contributed by atoms with Crippen molar-refractivity contribution in [2.45, 2.75) is 38.6 Å². The minimum Gasteiger partial charge on any atom is -0.343 e. The summed E-state index contributed by atoms with van der Waals surface area (Å²) in [5.74, 6) is -0.174.